The van der Waals surface area contributed by atoms with E-state index in [-0.39, 0.29) is 23.4 Å². The van der Waals surface area contributed by atoms with Crippen LogP contribution < -0.4 is 4.74 Å². The molecule has 2 saturated carbocycles. The van der Waals surface area contributed by atoms with Crippen molar-refractivity contribution < 1.29 is 27.8 Å². The van der Waals surface area contributed by atoms with Crippen LogP contribution in [0.2, 0.25) is 0 Å². The molecule has 0 radical (unpaired) electrons. The van der Waals surface area contributed by atoms with Crippen molar-refractivity contribution in [2.24, 2.45) is 17.8 Å². The Balaban J connectivity index is 1.29. The van der Waals surface area contributed by atoms with E-state index in [1.54, 1.807) is 0 Å². The molecule has 2 aliphatic carbocycles. The van der Waals surface area contributed by atoms with Gasteiger partial charge >= 0.3 is 11.9 Å². The van der Waals surface area contributed by atoms with Crippen LogP contribution >= 0.6 is 0 Å². The number of halogens is 2. The first-order valence-corrected chi connectivity index (χ1v) is 11.9. The summed E-state index contributed by atoms with van der Waals surface area (Å²) in [5, 5.41) is 0. The zero-order chi connectivity index (χ0) is 23.4. The fraction of sp³-hybridized carbons (Fsp3) is 0.481. The van der Waals surface area contributed by atoms with E-state index in [2.05, 4.69) is 6.92 Å². The van der Waals surface area contributed by atoms with E-state index in [0.717, 1.165) is 43.2 Å². The normalized spacial score (nSPS) is 24.6. The van der Waals surface area contributed by atoms with Crippen molar-refractivity contribution in [2.45, 2.75) is 64.4 Å². The second kappa shape index (κ2) is 10.4. The molecule has 4 rings (SSSR count). The van der Waals surface area contributed by atoms with Gasteiger partial charge in [-0.2, -0.15) is 0 Å². The lowest BCUT2D eigenvalue weighted by atomic mass is 9.66. The Bertz CT molecular complexity index is 988. The van der Waals surface area contributed by atoms with Crippen molar-refractivity contribution >= 4 is 11.9 Å². The maximum Gasteiger partial charge on any atom is 0.346 e. The van der Waals surface area contributed by atoms with Gasteiger partial charge in [0, 0.05) is 6.07 Å². The van der Waals surface area contributed by atoms with Crippen molar-refractivity contribution in [3.05, 3.63) is 65.2 Å². The monoisotopic (exact) mass is 456 g/mol. The van der Waals surface area contributed by atoms with Gasteiger partial charge in [-0.1, -0.05) is 26.2 Å². The first-order chi connectivity index (χ1) is 15.9. The van der Waals surface area contributed by atoms with Crippen molar-refractivity contribution in [1.29, 1.82) is 0 Å². The first kappa shape index (κ1) is 23.4. The number of hydrogen-bond acceptors (Lipinski definition) is 4. The zero-order valence-electron chi connectivity index (χ0n) is 18.9. The SMILES string of the molecule is CCC[C@@H]1CC[C@H]2C[C@H](OC(=O)c3ccc(OC(=O)c4ccc(F)cc4F)cc3)CC[C@@H]2C1. The van der Waals surface area contributed by atoms with Gasteiger partial charge in [-0.05, 0) is 86.3 Å². The molecule has 176 valence electrons. The van der Waals surface area contributed by atoms with Crippen LogP contribution in [-0.4, -0.2) is 18.0 Å². The summed E-state index contributed by atoms with van der Waals surface area (Å²) in [7, 11) is 0. The molecule has 33 heavy (non-hydrogen) atoms. The van der Waals surface area contributed by atoms with E-state index in [4.69, 9.17) is 9.47 Å². The van der Waals surface area contributed by atoms with E-state index >= 15 is 0 Å². The standard InChI is InChI=1S/C27H30F2O4/c1-2-3-17-4-5-20-15-23(12-8-19(20)14-17)33-26(30)18-6-10-22(11-7-18)32-27(31)24-13-9-21(28)16-25(24)29/h6-7,9-11,13,16-17,19-20,23H,2-5,8,12,14-15H2,1H3/t17-,19-,20+,23-/m1/s1. The summed E-state index contributed by atoms with van der Waals surface area (Å²) in [5.74, 6) is -0.650. The molecule has 2 fully saturated rings. The molecule has 0 unspecified atom stereocenters. The Hall–Kier alpha value is -2.76. The largest absolute Gasteiger partial charge is 0.459 e. The molecule has 0 saturated heterocycles. The third-order valence-corrected chi connectivity index (χ3v) is 7.10. The summed E-state index contributed by atoms with van der Waals surface area (Å²) in [6.07, 6.45) is 9.34. The number of carbonyl (C=O) groups is 2. The van der Waals surface area contributed by atoms with Crippen LogP contribution in [0.15, 0.2) is 42.5 Å². The molecule has 2 aromatic rings. The third-order valence-electron chi connectivity index (χ3n) is 7.10. The van der Waals surface area contributed by atoms with E-state index in [0.29, 0.717) is 17.5 Å². The maximum absolute atomic E-state index is 13.8. The molecule has 0 heterocycles. The molecule has 0 spiro atoms. The second-order valence-corrected chi connectivity index (χ2v) is 9.37. The Morgan fingerprint density at radius 1 is 0.909 bits per heavy atom. The summed E-state index contributed by atoms with van der Waals surface area (Å²) >= 11 is 0. The molecule has 0 N–H and O–H groups in total. The highest BCUT2D eigenvalue weighted by Gasteiger charge is 2.36. The smallest absolute Gasteiger partial charge is 0.346 e. The number of benzene rings is 2. The highest BCUT2D eigenvalue weighted by molar-refractivity contribution is 5.92. The molecule has 2 aliphatic rings. The molecule has 6 heteroatoms. The van der Waals surface area contributed by atoms with Crippen LogP contribution in [0.1, 0.15) is 79.0 Å². The Kier molecular flexibility index (Phi) is 7.41. The number of carbonyl (C=O) groups excluding carboxylic acids is 2. The van der Waals surface area contributed by atoms with Crippen LogP contribution in [0.5, 0.6) is 5.75 Å². The highest BCUT2D eigenvalue weighted by Crippen LogP contribution is 2.44. The van der Waals surface area contributed by atoms with E-state index in [1.807, 2.05) is 0 Å². The van der Waals surface area contributed by atoms with Crippen molar-refractivity contribution in [3.63, 3.8) is 0 Å². The van der Waals surface area contributed by atoms with Gasteiger partial charge in [0.15, 0.2) is 0 Å². The number of fused-ring (bicyclic) bond motifs is 1. The summed E-state index contributed by atoms with van der Waals surface area (Å²) in [5.41, 5.74) is 0.00996. The molecule has 4 atom stereocenters. The van der Waals surface area contributed by atoms with E-state index in [9.17, 15) is 18.4 Å². The van der Waals surface area contributed by atoms with Crippen molar-refractivity contribution in [3.8, 4) is 5.75 Å². The molecule has 0 aromatic heterocycles. The minimum Gasteiger partial charge on any atom is -0.459 e. The van der Waals surface area contributed by atoms with Gasteiger partial charge in [-0.25, -0.2) is 18.4 Å². The predicted molar refractivity (Wildman–Crippen MR) is 120 cm³/mol. The van der Waals surface area contributed by atoms with Gasteiger partial charge in [0.2, 0.25) is 0 Å². The predicted octanol–water partition coefficient (Wildman–Crippen LogP) is 6.73. The second-order valence-electron chi connectivity index (χ2n) is 9.37. The summed E-state index contributed by atoms with van der Waals surface area (Å²) in [6, 6.07) is 8.61. The molecular formula is C27H30F2O4. The van der Waals surface area contributed by atoms with Crippen LogP contribution in [0, 0.1) is 29.4 Å². The van der Waals surface area contributed by atoms with Gasteiger partial charge in [-0.3, -0.25) is 0 Å². The Morgan fingerprint density at radius 3 is 2.36 bits per heavy atom. The minimum atomic E-state index is -0.992. The number of esters is 2. The Morgan fingerprint density at radius 2 is 1.64 bits per heavy atom. The maximum atomic E-state index is 13.8. The minimum absolute atomic E-state index is 0.0552. The first-order valence-electron chi connectivity index (χ1n) is 11.9. The molecule has 2 aromatic carbocycles. The highest BCUT2D eigenvalue weighted by atomic mass is 19.1. The van der Waals surface area contributed by atoms with Gasteiger partial charge in [0.1, 0.15) is 23.5 Å². The van der Waals surface area contributed by atoms with Gasteiger partial charge in [0.05, 0.1) is 11.1 Å². The van der Waals surface area contributed by atoms with Crippen LogP contribution in [0.3, 0.4) is 0 Å². The van der Waals surface area contributed by atoms with E-state index < -0.39 is 17.6 Å². The number of ether oxygens (including phenoxy) is 2. The molecule has 0 bridgehead atoms. The number of rotatable bonds is 6. The summed E-state index contributed by atoms with van der Waals surface area (Å²) in [6.45, 7) is 2.25. The van der Waals surface area contributed by atoms with Crippen LogP contribution in [0.4, 0.5) is 8.78 Å². The number of hydrogen-bond donors (Lipinski definition) is 0. The zero-order valence-corrected chi connectivity index (χ0v) is 18.9. The molecule has 4 nitrogen and oxygen atoms in total. The summed E-state index contributed by atoms with van der Waals surface area (Å²) < 4.78 is 37.7. The topological polar surface area (TPSA) is 52.6 Å². The van der Waals surface area contributed by atoms with Crippen molar-refractivity contribution in [2.75, 3.05) is 0 Å². The average Bonchev–Trinajstić information content (AvgIpc) is 2.79. The quantitative estimate of drug-likeness (QED) is 0.357. The van der Waals surface area contributed by atoms with Gasteiger partial charge < -0.3 is 9.47 Å². The van der Waals surface area contributed by atoms with E-state index in [1.165, 1.54) is 56.4 Å². The summed E-state index contributed by atoms with van der Waals surface area (Å²) in [4.78, 5) is 24.7. The Labute approximate surface area is 193 Å². The fourth-order valence-corrected chi connectivity index (χ4v) is 5.42. The average molecular weight is 457 g/mol. The van der Waals surface area contributed by atoms with Crippen molar-refractivity contribution in [1.82, 2.24) is 0 Å². The van der Waals surface area contributed by atoms with Gasteiger partial charge in [-0.15, -0.1) is 0 Å². The van der Waals surface area contributed by atoms with Crippen LogP contribution in [0.25, 0.3) is 0 Å². The molecular weight excluding hydrogens is 426 g/mol. The third kappa shape index (κ3) is 5.79. The van der Waals surface area contributed by atoms with Crippen LogP contribution in [-0.2, 0) is 4.74 Å². The lowest BCUT2D eigenvalue weighted by molar-refractivity contribution is -0.00620. The molecule has 0 amide bonds. The lowest BCUT2D eigenvalue weighted by Gasteiger charge is -2.41. The molecule has 0 aliphatic heterocycles. The lowest BCUT2D eigenvalue weighted by Crippen LogP contribution is -2.35. The van der Waals surface area contributed by atoms with Gasteiger partial charge in [0.25, 0.3) is 0 Å². The fourth-order valence-electron chi connectivity index (χ4n) is 5.42.